The van der Waals surface area contributed by atoms with E-state index < -0.39 is 0 Å². The quantitative estimate of drug-likeness (QED) is 0.663. The zero-order valence-electron chi connectivity index (χ0n) is 15.1. The van der Waals surface area contributed by atoms with Crippen LogP contribution in [-0.4, -0.2) is 28.6 Å². The van der Waals surface area contributed by atoms with Gasteiger partial charge in [0.15, 0.2) is 0 Å². The molecule has 28 heavy (non-hydrogen) atoms. The number of hydrogen-bond acceptors (Lipinski definition) is 5. The molecule has 1 aliphatic heterocycles. The van der Waals surface area contributed by atoms with Crippen molar-refractivity contribution in [2.75, 3.05) is 16.8 Å². The van der Waals surface area contributed by atoms with Gasteiger partial charge in [-0.25, -0.2) is 0 Å². The number of aromatic nitrogens is 2. The minimum Gasteiger partial charge on any atom is -0.407 e. The molecule has 1 aliphatic rings. The summed E-state index contributed by atoms with van der Waals surface area (Å²) in [5.74, 6) is -0.201. The first kappa shape index (κ1) is 18.4. The van der Waals surface area contributed by atoms with Crippen molar-refractivity contribution >= 4 is 39.4 Å². The summed E-state index contributed by atoms with van der Waals surface area (Å²) in [6.07, 6.45) is 0.288. The van der Waals surface area contributed by atoms with E-state index in [2.05, 4.69) is 31.4 Å². The third-order valence-corrected chi connectivity index (χ3v) is 5.12. The number of amides is 2. The largest absolute Gasteiger partial charge is 0.407 e. The van der Waals surface area contributed by atoms with E-state index in [9.17, 15) is 9.59 Å². The van der Waals surface area contributed by atoms with Crippen LogP contribution in [0.4, 0.5) is 11.7 Å². The SMILES string of the molecule is Cc1ccc(N2CC(c3nnc(NC(=O)c4ccc(Br)cc4)o3)CC2=O)cc1. The molecule has 142 valence electrons. The zero-order chi connectivity index (χ0) is 19.7. The van der Waals surface area contributed by atoms with Crippen LogP contribution in [0, 0.1) is 6.92 Å². The van der Waals surface area contributed by atoms with Crippen LogP contribution in [0.3, 0.4) is 0 Å². The molecule has 0 bridgehead atoms. The first-order valence-corrected chi connectivity index (χ1v) is 9.56. The molecule has 7 nitrogen and oxygen atoms in total. The van der Waals surface area contributed by atoms with Gasteiger partial charge < -0.3 is 9.32 Å². The van der Waals surface area contributed by atoms with Gasteiger partial charge in [-0.05, 0) is 43.3 Å². The lowest BCUT2D eigenvalue weighted by molar-refractivity contribution is -0.117. The maximum atomic E-state index is 12.4. The highest BCUT2D eigenvalue weighted by atomic mass is 79.9. The van der Waals surface area contributed by atoms with Crippen LogP contribution in [0.1, 0.15) is 34.2 Å². The molecule has 0 aliphatic carbocycles. The third kappa shape index (κ3) is 3.82. The average Bonchev–Trinajstić information content (AvgIpc) is 3.29. The highest BCUT2D eigenvalue weighted by Crippen LogP contribution is 2.31. The standard InChI is InChI=1S/C20H17BrN4O3/c1-12-2-8-16(9-3-12)25-11-14(10-17(25)26)19-23-24-20(28-19)22-18(27)13-4-6-15(21)7-5-13/h2-9,14H,10-11H2,1H3,(H,22,24,27). The first-order chi connectivity index (χ1) is 13.5. The summed E-state index contributed by atoms with van der Waals surface area (Å²) in [6, 6.07) is 14.7. The lowest BCUT2D eigenvalue weighted by atomic mass is 10.1. The Kier molecular flexibility index (Phi) is 4.95. The van der Waals surface area contributed by atoms with Gasteiger partial charge in [0, 0.05) is 28.7 Å². The van der Waals surface area contributed by atoms with E-state index in [1.807, 2.05) is 31.2 Å². The molecule has 3 aromatic rings. The fourth-order valence-electron chi connectivity index (χ4n) is 3.07. The first-order valence-electron chi connectivity index (χ1n) is 8.77. The number of carbonyl (C=O) groups excluding carboxylic acids is 2. The van der Waals surface area contributed by atoms with Crippen molar-refractivity contribution in [3.8, 4) is 0 Å². The van der Waals surface area contributed by atoms with Crippen LogP contribution in [0.15, 0.2) is 57.4 Å². The molecular formula is C20H17BrN4O3. The van der Waals surface area contributed by atoms with E-state index in [0.717, 1.165) is 15.7 Å². The normalized spacial score (nSPS) is 16.4. The van der Waals surface area contributed by atoms with Gasteiger partial charge >= 0.3 is 6.01 Å². The van der Waals surface area contributed by atoms with Crippen molar-refractivity contribution in [2.24, 2.45) is 0 Å². The second-order valence-corrected chi connectivity index (χ2v) is 7.56. The van der Waals surface area contributed by atoms with Crippen molar-refractivity contribution in [3.63, 3.8) is 0 Å². The van der Waals surface area contributed by atoms with Crippen LogP contribution < -0.4 is 10.2 Å². The van der Waals surface area contributed by atoms with Crippen molar-refractivity contribution in [2.45, 2.75) is 19.3 Å². The fourth-order valence-corrected chi connectivity index (χ4v) is 3.33. The number of nitrogens with one attached hydrogen (secondary N) is 1. The highest BCUT2D eigenvalue weighted by Gasteiger charge is 2.35. The molecule has 1 atom stereocenters. The van der Waals surface area contributed by atoms with Crippen LogP contribution in [0.25, 0.3) is 0 Å². The van der Waals surface area contributed by atoms with Crippen LogP contribution in [-0.2, 0) is 4.79 Å². The van der Waals surface area contributed by atoms with Crippen LogP contribution in [0.2, 0.25) is 0 Å². The lowest BCUT2D eigenvalue weighted by Crippen LogP contribution is -2.24. The number of aryl methyl sites for hydroxylation is 1. The van der Waals surface area contributed by atoms with Crippen LogP contribution in [0.5, 0.6) is 0 Å². The molecule has 1 N–H and O–H groups in total. The second kappa shape index (κ2) is 7.55. The Hall–Kier alpha value is -3.00. The number of benzene rings is 2. The van der Waals surface area contributed by atoms with Gasteiger partial charge in [0.05, 0.1) is 5.92 Å². The van der Waals surface area contributed by atoms with Crippen molar-refractivity contribution in [3.05, 3.63) is 70.0 Å². The fraction of sp³-hybridized carbons (Fsp3) is 0.200. The molecule has 2 amide bonds. The maximum Gasteiger partial charge on any atom is 0.322 e. The van der Waals surface area contributed by atoms with Crippen LogP contribution >= 0.6 is 15.9 Å². The highest BCUT2D eigenvalue weighted by molar-refractivity contribution is 9.10. The summed E-state index contributed by atoms with van der Waals surface area (Å²) < 4.78 is 6.48. The van der Waals surface area contributed by atoms with Gasteiger partial charge in [-0.1, -0.05) is 38.7 Å². The van der Waals surface area contributed by atoms with E-state index in [-0.39, 0.29) is 30.2 Å². The predicted octanol–water partition coefficient (Wildman–Crippen LogP) is 3.91. The summed E-state index contributed by atoms with van der Waals surface area (Å²) in [4.78, 5) is 26.4. The molecule has 2 heterocycles. The smallest absolute Gasteiger partial charge is 0.322 e. The monoisotopic (exact) mass is 440 g/mol. The Balaban J connectivity index is 1.44. The van der Waals surface area contributed by atoms with Gasteiger partial charge in [0.25, 0.3) is 5.91 Å². The molecule has 8 heteroatoms. The molecule has 1 saturated heterocycles. The maximum absolute atomic E-state index is 12.4. The molecule has 1 unspecified atom stereocenters. The number of carbonyl (C=O) groups is 2. The second-order valence-electron chi connectivity index (χ2n) is 6.65. The Bertz CT molecular complexity index is 1010. The van der Waals surface area contributed by atoms with E-state index >= 15 is 0 Å². The Morgan fingerprint density at radius 3 is 2.57 bits per heavy atom. The molecule has 0 saturated carbocycles. The predicted molar refractivity (Wildman–Crippen MR) is 107 cm³/mol. The number of anilines is 2. The van der Waals surface area contributed by atoms with E-state index in [4.69, 9.17) is 4.42 Å². The van der Waals surface area contributed by atoms with Gasteiger partial charge in [0.2, 0.25) is 11.8 Å². The number of nitrogens with zero attached hydrogens (tertiary/aromatic N) is 3. The van der Waals surface area contributed by atoms with Gasteiger partial charge in [-0.15, -0.1) is 5.10 Å². The Labute approximate surface area is 169 Å². The zero-order valence-corrected chi connectivity index (χ0v) is 16.6. The van der Waals surface area contributed by atoms with Crippen molar-refractivity contribution in [1.82, 2.24) is 10.2 Å². The molecule has 2 aromatic carbocycles. The molecule has 0 radical (unpaired) electrons. The van der Waals surface area contributed by atoms with E-state index in [1.165, 1.54) is 0 Å². The van der Waals surface area contributed by atoms with Gasteiger partial charge in [-0.2, -0.15) is 0 Å². The van der Waals surface area contributed by atoms with Gasteiger partial charge in [0.1, 0.15) is 0 Å². The summed E-state index contributed by atoms with van der Waals surface area (Å²) in [6.45, 7) is 2.46. The molecule has 1 fully saturated rings. The molecule has 4 rings (SSSR count). The van der Waals surface area contributed by atoms with Crippen molar-refractivity contribution < 1.29 is 14.0 Å². The summed E-state index contributed by atoms with van der Waals surface area (Å²) in [5, 5.41) is 10.5. The topological polar surface area (TPSA) is 88.3 Å². The number of rotatable bonds is 4. The summed E-state index contributed by atoms with van der Waals surface area (Å²) in [5.41, 5.74) is 2.46. The minimum atomic E-state index is -0.341. The van der Waals surface area contributed by atoms with E-state index in [0.29, 0.717) is 18.0 Å². The molecular weight excluding hydrogens is 424 g/mol. The third-order valence-electron chi connectivity index (χ3n) is 4.59. The minimum absolute atomic E-state index is 0.00695. The number of halogens is 1. The van der Waals surface area contributed by atoms with Gasteiger partial charge in [-0.3, -0.25) is 14.9 Å². The Morgan fingerprint density at radius 1 is 1.14 bits per heavy atom. The lowest BCUT2D eigenvalue weighted by Gasteiger charge is -2.16. The van der Waals surface area contributed by atoms with Crippen molar-refractivity contribution in [1.29, 1.82) is 0 Å². The molecule has 0 spiro atoms. The number of hydrogen-bond donors (Lipinski definition) is 1. The average molecular weight is 441 g/mol. The van der Waals surface area contributed by atoms with E-state index in [1.54, 1.807) is 29.2 Å². The molecule has 1 aromatic heterocycles. The Morgan fingerprint density at radius 2 is 1.86 bits per heavy atom. The summed E-state index contributed by atoms with van der Waals surface area (Å²) >= 11 is 3.33. The summed E-state index contributed by atoms with van der Waals surface area (Å²) in [7, 11) is 0.